The van der Waals surface area contributed by atoms with E-state index in [-0.39, 0.29) is 0 Å². The van der Waals surface area contributed by atoms with Crippen LogP contribution in [0.15, 0.2) is 30.3 Å². The average molecular weight is 216 g/mol. The van der Waals surface area contributed by atoms with E-state index in [1.165, 1.54) is 49.7 Å². The Hall–Kier alpha value is -1.04. The third kappa shape index (κ3) is 5.16. The molecule has 0 heterocycles. The minimum Gasteiger partial charge on any atom is -0.0840 e. The van der Waals surface area contributed by atoms with E-state index in [0.29, 0.717) is 0 Å². The average Bonchev–Trinajstić information content (AvgIpc) is 2.32. The van der Waals surface area contributed by atoms with E-state index in [9.17, 15) is 0 Å². The zero-order valence-electron chi connectivity index (χ0n) is 10.7. The molecule has 0 nitrogen and oxygen atoms in total. The van der Waals surface area contributed by atoms with Gasteiger partial charge in [0.25, 0.3) is 0 Å². The number of allylic oxidation sites excluding steroid dienone is 1. The van der Waals surface area contributed by atoms with Crippen LogP contribution in [0.4, 0.5) is 0 Å². The van der Waals surface area contributed by atoms with Crippen molar-refractivity contribution in [1.82, 2.24) is 0 Å². The van der Waals surface area contributed by atoms with Gasteiger partial charge >= 0.3 is 0 Å². The normalized spacial score (nSPS) is 11.1. The zero-order chi connectivity index (χ0) is 11.6. The van der Waals surface area contributed by atoms with Gasteiger partial charge in [-0.1, -0.05) is 69.5 Å². The number of benzene rings is 1. The molecule has 1 rings (SSSR count). The predicted molar refractivity (Wildman–Crippen MR) is 73.6 cm³/mol. The van der Waals surface area contributed by atoms with E-state index < -0.39 is 0 Å². The van der Waals surface area contributed by atoms with E-state index in [1.807, 2.05) is 0 Å². The molecule has 0 unspecified atom stereocenters. The molecule has 0 atom stereocenters. The van der Waals surface area contributed by atoms with Crippen LogP contribution in [-0.4, -0.2) is 0 Å². The Kier molecular flexibility index (Phi) is 6.64. The van der Waals surface area contributed by atoms with Gasteiger partial charge in [0, 0.05) is 0 Å². The van der Waals surface area contributed by atoms with Gasteiger partial charge in [0.15, 0.2) is 0 Å². The Bertz CT molecular complexity index is 292. The molecule has 88 valence electrons. The van der Waals surface area contributed by atoms with Crippen LogP contribution < -0.4 is 0 Å². The van der Waals surface area contributed by atoms with Gasteiger partial charge in [-0.15, -0.1) is 0 Å². The molecule has 0 aliphatic heterocycles. The Balaban J connectivity index is 2.41. The fourth-order valence-electron chi connectivity index (χ4n) is 1.76. The summed E-state index contributed by atoms with van der Waals surface area (Å²) < 4.78 is 0. The van der Waals surface area contributed by atoms with E-state index in [1.54, 1.807) is 0 Å². The van der Waals surface area contributed by atoms with Gasteiger partial charge in [0.2, 0.25) is 0 Å². The summed E-state index contributed by atoms with van der Waals surface area (Å²) in [5.41, 5.74) is 2.80. The maximum Gasteiger partial charge on any atom is -0.0260 e. The molecule has 1 aromatic rings. The fraction of sp³-hybridized carbons (Fsp3) is 0.500. The molecule has 0 aliphatic carbocycles. The molecular weight excluding hydrogens is 192 g/mol. The maximum absolute atomic E-state index is 2.27. The molecule has 16 heavy (non-hydrogen) atoms. The molecule has 0 aromatic heterocycles. The Morgan fingerprint density at radius 2 is 1.69 bits per heavy atom. The van der Waals surface area contributed by atoms with Gasteiger partial charge in [-0.2, -0.15) is 0 Å². The van der Waals surface area contributed by atoms with Crippen LogP contribution in [0.2, 0.25) is 0 Å². The number of hydrogen-bond acceptors (Lipinski definition) is 0. The minimum atomic E-state index is 1.18. The van der Waals surface area contributed by atoms with Crippen molar-refractivity contribution in [3.8, 4) is 0 Å². The molecule has 0 fully saturated rings. The molecule has 1 aromatic carbocycles. The number of hydrogen-bond donors (Lipinski definition) is 0. The third-order valence-electron chi connectivity index (χ3n) is 2.81. The Morgan fingerprint density at radius 1 is 0.938 bits per heavy atom. The Labute approximate surface area is 100 Å². The standard InChI is InChI=1S/C16H24/c1-3-5-7-9-15-11-13-16(14-12-15)10-8-6-4-2/h7,9,11-14H,3-6,8,10H2,1-2H3/b9-7-. The predicted octanol–water partition coefficient (Wildman–Crippen LogP) is 5.23. The molecule has 0 heteroatoms. The van der Waals surface area contributed by atoms with Crippen LogP contribution in [0.3, 0.4) is 0 Å². The van der Waals surface area contributed by atoms with Crippen molar-refractivity contribution in [3.05, 3.63) is 41.5 Å². The van der Waals surface area contributed by atoms with E-state index in [2.05, 4.69) is 50.3 Å². The minimum absolute atomic E-state index is 1.18. The van der Waals surface area contributed by atoms with Gasteiger partial charge in [-0.3, -0.25) is 0 Å². The van der Waals surface area contributed by atoms with Crippen LogP contribution >= 0.6 is 0 Å². The number of rotatable bonds is 7. The zero-order valence-corrected chi connectivity index (χ0v) is 10.7. The van der Waals surface area contributed by atoms with Crippen molar-refractivity contribution < 1.29 is 0 Å². The van der Waals surface area contributed by atoms with Crippen LogP contribution in [0.25, 0.3) is 6.08 Å². The van der Waals surface area contributed by atoms with Crippen LogP contribution in [0.1, 0.15) is 57.1 Å². The second-order valence-corrected chi connectivity index (χ2v) is 4.39. The molecule has 0 saturated carbocycles. The maximum atomic E-state index is 2.27. The van der Waals surface area contributed by atoms with Crippen molar-refractivity contribution in [2.24, 2.45) is 0 Å². The largest absolute Gasteiger partial charge is 0.0840 e. The quantitative estimate of drug-likeness (QED) is 0.547. The molecule has 0 bridgehead atoms. The van der Waals surface area contributed by atoms with E-state index in [4.69, 9.17) is 0 Å². The van der Waals surface area contributed by atoms with Gasteiger partial charge in [0.05, 0.1) is 0 Å². The van der Waals surface area contributed by atoms with Crippen LogP contribution in [0.5, 0.6) is 0 Å². The summed E-state index contributed by atoms with van der Waals surface area (Å²) in [7, 11) is 0. The summed E-state index contributed by atoms with van der Waals surface area (Å²) >= 11 is 0. The highest BCUT2D eigenvalue weighted by Gasteiger charge is 1.92. The lowest BCUT2D eigenvalue weighted by Crippen LogP contribution is -1.85. The van der Waals surface area contributed by atoms with Gasteiger partial charge in [0.1, 0.15) is 0 Å². The van der Waals surface area contributed by atoms with Crippen LogP contribution in [-0.2, 0) is 6.42 Å². The lowest BCUT2D eigenvalue weighted by Gasteiger charge is -2.01. The van der Waals surface area contributed by atoms with Crippen LogP contribution in [0, 0.1) is 0 Å². The highest BCUT2D eigenvalue weighted by Crippen LogP contribution is 2.10. The second kappa shape index (κ2) is 8.15. The van der Waals surface area contributed by atoms with Crippen molar-refractivity contribution in [3.63, 3.8) is 0 Å². The van der Waals surface area contributed by atoms with Crippen molar-refractivity contribution in [1.29, 1.82) is 0 Å². The SMILES string of the molecule is CCC/C=C\c1ccc(CCCCC)cc1. The summed E-state index contributed by atoms with van der Waals surface area (Å²) in [6.07, 6.45) is 12.1. The van der Waals surface area contributed by atoms with Crippen molar-refractivity contribution in [2.75, 3.05) is 0 Å². The summed E-state index contributed by atoms with van der Waals surface area (Å²) in [6.45, 7) is 4.46. The summed E-state index contributed by atoms with van der Waals surface area (Å²) in [4.78, 5) is 0. The summed E-state index contributed by atoms with van der Waals surface area (Å²) in [5.74, 6) is 0. The first-order valence-corrected chi connectivity index (χ1v) is 6.62. The highest BCUT2D eigenvalue weighted by molar-refractivity contribution is 5.49. The molecular formula is C16H24. The van der Waals surface area contributed by atoms with Gasteiger partial charge < -0.3 is 0 Å². The first-order valence-electron chi connectivity index (χ1n) is 6.62. The first kappa shape index (κ1) is 13.0. The lowest BCUT2D eigenvalue weighted by atomic mass is 10.1. The topological polar surface area (TPSA) is 0 Å². The second-order valence-electron chi connectivity index (χ2n) is 4.39. The first-order chi connectivity index (χ1) is 7.86. The molecule has 0 N–H and O–H groups in total. The lowest BCUT2D eigenvalue weighted by molar-refractivity contribution is 0.717. The monoisotopic (exact) mass is 216 g/mol. The highest BCUT2D eigenvalue weighted by atomic mass is 14.0. The van der Waals surface area contributed by atoms with E-state index in [0.717, 1.165) is 0 Å². The number of aryl methyl sites for hydroxylation is 1. The van der Waals surface area contributed by atoms with Crippen molar-refractivity contribution >= 4 is 6.08 Å². The van der Waals surface area contributed by atoms with Gasteiger partial charge in [-0.25, -0.2) is 0 Å². The van der Waals surface area contributed by atoms with Gasteiger partial charge in [-0.05, 0) is 30.4 Å². The fourth-order valence-corrected chi connectivity index (χ4v) is 1.76. The molecule has 0 aliphatic rings. The Morgan fingerprint density at radius 3 is 2.31 bits per heavy atom. The molecule has 0 radical (unpaired) electrons. The van der Waals surface area contributed by atoms with E-state index >= 15 is 0 Å². The molecule has 0 saturated heterocycles. The summed E-state index contributed by atoms with van der Waals surface area (Å²) in [5, 5.41) is 0. The molecule has 0 spiro atoms. The number of unbranched alkanes of at least 4 members (excludes halogenated alkanes) is 3. The van der Waals surface area contributed by atoms with Crippen molar-refractivity contribution in [2.45, 2.75) is 52.4 Å². The molecule has 0 amide bonds. The third-order valence-corrected chi connectivity index (χ3v) is 2.81. The summed E-state index contributed by atoms with van der Waals surface area (Å²) in [6, 6.07) is 8.99. The smallest absolute Gasteiger partial charge is 0.0260 e.